The maximum atomic E-state index is 4.51. The molecule has 0 saturated carbocycles. The van der Waals surface area contributed by atoms with Gasteiger partial charge in [0.1, 0.15) is 0 Å². The van der Waals surface area contributed by atoms with Gasteiger partial charge in [-0.25, -0.2) is 4.98 Å². The first kappa shape index (κ1) is 14.5. The SMILES string of the molecule is Cc1csc(CCNC2CCN(c3ccncc3)CC2)n1. The minimum atomic E-state index is 0.643. The fourth-order valence-corrected chi connectivity index (χ4v) is 3.57. The Morgan fingerprint density at radius 3 is 2.71 bits per heavy atom. The molecule has 5 heteroatoms. The van der Waals surface area contributed by atoms with Gasteiger partial charge in [-0.15, -0.1) is 11.3 Å². The normalized spacial score (nSPS) is 16.3. The number of aryl methyl sites for hydroxylation is 1. The second-order valence-electron chi connectivity index (χ2n) is 5.55. The quantitative estimate of drug-likeness (QED) is 0.922. The lowest BCUT2D eigenvalue weighted by Gasteiger charge is -2.34. The van der Waals surface area contributed by atoms with Crippen molar-refractivity contribution in [2.24, 2.45) is 0 Å². The molecule has 21 heavy (non-hydrogen) atoms. The number of hydrogen-bond donors (Lipinski definition) is 1. The van der Waals surface area contributed by atoms with Crippen LogP contribution in [0, 0.1) is 6.92 Å². The largest absolute Gasteiger partial charge is 0.371 e. The number of piperidine rings is 1. The van der Waals surface area contributed by atoms with Gasteiger partial charge < -0.3 is 10.2 Å². The van der Waals surface area contributed by atoms with Gasteiger partial charge in [0.2, 0.25) is 0 Å². The van der Waals surface area contributed by atoms with Crippen LogP contribution in [0.3, 0.4) is 0 Å². The van der Waals surface area contributed by atoms with Crippen LogP contribution < -0.4 is 10.2 Å². The van der Waals surface area contributed by atoms with Gasteiger partial charge in [-0.05, 0) is 31.9 Å². The Balaban J connectivity index is 1.40. The highest BCUT2D eigenvalue weighted by atomic mass is 32.1. The Morgan fingerprint density at radius 2 is 2.05 bits per heavy atom. The zero-order valence-electron chi connectivity index (χ0n) is 12.5. The van der Waals surface area contributed by atoms with Gasteiger partial charge in [0.05, 0.1) is 5.01 Å². The molecule has 1 fully saturated rings. The summed E-state index contributed by atoms with van der Waals surface area (Å²) in [6.45, 7) is 5.34. The number of nitrogens with one attached hydrogen (secondary N) is 1. The molecule has 4 nitrogen and oxygen atoms in total. The van der Waals surface area contributed by atoms with Crippen LogP contribution in [0.25, 0.3) is 0 Å². The molecule has 0 radical (unpaired) electrons. The van der Waals surface area contributed by atoms with Crippen molar-refractivity contribution in [2.45, 2.75) is 32.2 Å². The van der Waals surface area contributed by atoms with E-state index in [1.165, 1.54) is 23.5 Å². The Hall–Kier alpha value is -1.46. The van der Waals surface area contributed by atoms with E-state index in [1.807, 2.05) is 12.4 Å². The van der Waals surface area contributed by atoms with E-state index >= 15 is 0 Å². The Kier molecular flexibility index (Phi) is 4.83. The fourth-order valence-electron chi connectivity index (χ4n) is 2.80. The molecule has 1 aliphatic rings. The van der Waals surface area contributed by atoms with Crippen molar-refractivity contribution in [3.63, 3.8) is 0 Å². The molecule has 0 aliphatic carbocycles. The highest BCUT2D eigenvalue weighted by Crippen LogP contribution is 2.19. The molecule has 2 aromatic rings. The molecule has 0 bridgehead atoms. The molecule has 112 valence electrons. The van der Waals surface area contributed by atoms with E-state index in [0.717, 1.165) is 31.7 Å². The van der Waals surface area contributed by atoms with Crippen LogP contribution in [0.5, 0.6) is 0 Å². The van der Waals surface area contributed by atoms with Crippen molar-refractivity contribution in [1.29, 1.82) is 0 Å². The van der Waals surface area contributed by atoms with Crippen LogP contribution in [-0.2, 0) is 6.42 Å². The Bertz CT molecular complexity index is 546. The van der Waals surface area contributed by atoms with Crippen LogP contribution in [0.4, 0.5) is 5.69 Å². The van der Waals surface area contributed by atoms with Crippen molar-refractivity contribution < 1.29 is 0 Å². The summed E-state index contributed by atoms with van der Waals surface area (Å²) in [5.74, 6) is 0. The minimum absolute atomic E-state index is 0.643. The molecule has 1 N–H and O–H groups in total. The molecule has 0 unspecified atom stereocenters. The van der Waals surface area contributed by atoms with Crippen molar-refractivity contribution in [3.8, 4) is 0 Å². The molecule has 2 aromatic heterocycles. The van der Waals surface area contributed by atoms with E-state index in [9.17, 15) is 0 Å². The molecule has 1 aliphatic heterocycles. The number of aromatic nitrogens is 2. The topological polar surface area (TPSA) is 41.0 Å². The summed E-state index contributed by atoms with van der Waals surface area (Å²) in [7, 11) is 0. The number of anilines is 1. The second-order valence-corrected chi connectivity index (χ2v) is 6.50. The lowest BCUT2D eigenvalue weighted by Crippen LogP contribution is -2.43. The maximum absolute atomic E-state index is 4.51. The predicted octanol–water partition coefficient (Wildman–Crippen LogP) is 2.65. The molecular formula is C16H22N4S. The first-order valence-corrected chi connectivity index (χ1v) is 8.48. The standard InChI is InChI=1S/C16H22N4S/c1-13-12-21-16(19-13)4-9-18-14-5-10-20(11-6-14)15-2-7-17-8-3-15/h2-3,7-8,12,14,18H,4-6,9-11H2,1H3. The van der Waals surface area contributed by atoms with Gasteiger partial charge >= 0.3 is 0 Å². The first-order valence-electron chi connectivity index (χ1n) is 7.60. The number of thiazole rings is 1. The molecule has 0 aromatic carbocycles. The van der Waals surface area contributed by atoms with Crippen molar-refractivity contribution in [2.75, 3.05) is 24.5 Å². The summed E-state index contributed by atoms with van der Waals surface area (Å²) in [4.78, 5) is 11.0. The van der Waals surface area contributed by atoms with Crippen molar-refractivity contribution in [3.05, 3.63) is 40.6 Å². The fraction of sp³-hybridized carbons (Fsp3) is 0.500. The van der Waals surface area contributed by atoms with Gasteiger partial charge in [-0.3, -0.25) is 4.98 Å². The third-order valence-electron chi connectivity index (χ3n) is 3.96. The minimum Gasteiger partial charge on any atom is -0.371 e. The highest BCUT2D eigenvalue weighted by molar-refractivity contribution is 7.09. The monoisotopic (exact) mass is 302 g/mol. The average Bonchev–Trinajstić information content (AvgIpc) is 2.94. The van der Waals surface area contributed by atoms with Crippen LogP contribution >= 0.6 is 11.3 Å². The molecule has 0 atom stereocenters. The van der Waals surface area contributed by atoms with Gasteiger partial charge in [0.15, 0.2) is 0 Å². The van der Waals surface area contributed by atoms with E-state index in [0.29, 0.717) is 6.04 Å². The van der Waals surface area contributed by atoms with E-state index < -0.39 is 0 Å². The summed E-state index contributed by atoms with van der Waals surface area (Å²) in [5, 5.41) is 7.05. The first-order chi connectivity index (χ1) is 10.3. The van der Waals surface area contributed by atoms with Gasteiger partial charge in [-0.1, -0.05) is 0 Å². The smallest absolute Gasteiger partial charge is 0.0940 e. The van der Waals surface area contributed by atoms with Crippen molar-refractivity contribution >= 4 is 17.0 Å². The third-order valence-corrected chi connectivity index (χ3v) is 4.99. The van der Waals surface area contributed by atoms with E-state index in [1.54, 1.807) is 11.3 Å². The van der Waals surface area contributed by atoms with Crippen LogP contribution in [0.2, 0.25) is 0 Å². The van der Waals surface area contributed by atoms with E-state index in [-0.39, 0.29) is 0 Å². The average molecular weight is 302 g/mol. The molecule has 3 rings (SSSR count). The molecule has 1 saturated heterocycles. The van der Waals surface area contributed by atoms with Gasteiger partial charge in [0, 0.05) is 61.3 Å². The predicted molar refractivity (Wildman–Crippen MR) is 88.0 cm³/mol. The van der Waals surface area contributed by atoms with Crippen LogP contribution in [0.1, 0.15) is 23.5 Å². The van der Waals surface area contributed by atoms with Crippen LogP contribution in [-0.4, -0.2) is 35.6 Å². The zero-order valence-corrected chi connectivity index (χ0v) is 13.3. The number of pyridine rings is 1. The number of rotatable bonds is 5. The summed E-state index contributed by atoms with van der Waals surface area (Å²) in [6, 6.07) is 4.83. The van der Waals surface area contributed by atoms with E-state index in [2.05, 4.69) is 44.6 Å². The maximum Gasteiger partial charge on any atom is 0.0940 e. The van der Waals surface area contributed by atoms with Gasteiger partial charge in [-0.2, -0.15) is 0 Å². The third kappa shape index (κ3) is 4.02. The lowest BCUT2D eigenvalue weighted by atomic mass is 10.0. The molecule has 0 spiro atoms. The lowest BCUT2D eigenvalue weighted by molar-refractivity contribution is 0.417. The molecule has 3 heterocycles. The second kappa shape index (κ2) is 7.00. The molecular weight excluding hydrogens is 280 g/mol. The van der Waals surface area contributed by atoms with Gasteiger partial charge in [0.25, 0.3) is 0 Å². The van der Waals surface area contributed by atoms with Crippen LogP contribution in [0.15, 0.2) is 29.9 Å². The Labute approximate surface area is 130 Å². The summed E-state index contributed by atoms with van der Waals surface area (Å²) < 4.78 is 0. The van der Waals surface area contributed by atoms with Crippen molar-refractivity contribution in [1.82, 2.24) is 15.3 Å². The number of hydrogen-bond acceptors (Lipinski definition) is 5. The highest BCUT2D eigenvalue weighted by Gasteiger charge is 2.18. The Morgan fingerprint density at radius 1 is 1.29 bits per heavy atom. The van der Waals surface area contributed by atoms with E-state index in [4.69, 9.17) is 0 Å². The summed E-state index contributed by atoms with van der Waals surface area (Å²) >= 11 is 1.77. The molecule has 0 amide bonds. The summed E-state index contributed by atoms with van der Waals surface area (Å²) in [6.07, 6.45) is 7.20. The summed E-state index contributed by atoms with van der Waals surface area (Å²) in [5.41, 5.74) is 2.43. The number of nitrogens with zero attached hydrogens (tertiary/aromatic N) is 3. The zero-order chi connectivity index (χ0) is 14.5.